The highest BCUT2D eigenvalue weighted by Crippen LogP contribution is 2.30. The van der Waals surface area contributed by atoms with Crippen LogP contribution in [0.2, 0.25) is 0 Å². The molecule has 1 aromatic carbocycles. The number of nitrogens with one attached hydrogen (secondary N) is 1. The lowest BCUT2D eigenvalue weighted by Gasteiger charge is -2.36. The standard InChI is InChI=1S/C20H28N6O/c1-15-5-3-6-17(13-15)25-11-9-24(10-12-25)14-19(27)26-8-4-7-18(26)20-21-16(2)22-23-20/h3,5-6,13,18H,4,7-12,14H2,1-2H3,(H,21,22,23)/t18-/m1/s1. The number of carbonyl (C=O) groups excluding carboxylic acids is 1. The monoisotopic (exact) mass is 368 g/mol. The second kappa shape index (κ2) is 7.68. The number of likely N-dealkylation sites (tertiary alicyclic amines) is 1. The van der Waals surface area contributed by atoms with Crippen LogP contribution in [0.25, 0.3) is 0 Å². The Balaban J connectivity index is 1.33. The number of aromatic nitrogens is 3. The van der Waals surface area contributed by atoms with Gasteiger partial charge < -0.3 is 9.80 Å². The third-order valence-corrected chi connectivity index (χ3v) is 5.58. The molecule has 2 fully saturated rings. The maximum absolute atomic E-state index is 12.9. The summed E-state index contributed by atoms with van der Waals surface area (Å²) >= 11 is 0. The summed E-state index contributed by atoms with van der Waals surface area (Å²) in [6, 6.07) is 8.66. The van der Waals surface area contributed by atoms with Gasteiger partial charge >= 0.3 is 0 Å². The molecule has 0 unspecified atom stereocenters. The Morgan fingerprint density at radius 2 is 2.00 bits per heavy atom. The Labute approximate surface area is 160 Å². The molecule has 2 saturated heterocycles. The van der Waals surface area contributed by atoms with Gasteiger partial charge in [0.1, 0.15) is 5.82 Å². The van der Waals surface area contributed by atoms with Crippen molar-refractivity contribution in [2.45, 2.75) is 32.7 Å². The van der Waals surface area contributed by atoms with Gasteiger partial charge in [0.25, 0.3) is 0 Å². The number of hydrogen-bond acceptors (Lipinski definition) is 5. The second-order valence-electron chi connectivity index (χ2n) is 7.63. The molecule has 2 aliphatic heterocycles. The van der Waals surface area contributed by atoms with Crippen molar-refractivity contribution in [3.8, 4) is 0 Å². The van der Waals surface area contributed by atoms with Crippen molar-refractivity contribution in [1.29, 1.82) is 0 Å². The van der Waals surface area contributed by atoms with E-state index in [2.05, 4.69) is 56.2 Å². The van der Waals surface area contributed by atoms with Crippen LogP contribution in [0, 0.1) is 13.8 Å². The summed E-state index contributed by atoms with van der Waals surface area (Å²) < 4.78 is 0. The summed E-state index contributed by atoms with van der Waals surface area (Å²) in [6.45, 7) is 9.06. The molecule has 0 spiro atoms. The summed E-state index contributed by atoms with van der Waals surface area (Å²) in [5, 5.41) is 7.17. The van der Waals surface area contributed by atoms with Gasteiger partial charge in [0.15, 0.2) is 5.82 Å². The van der Waals surface area contributed by atoms with E-state index in [1.54, 1.807) is 0 Å². The number of hydrogen-bond donors (Lipinski definition) is 1. The van der Waals surface area contributed by atoms with Gasteiger partial charge in [-0.05, 0) is 44.4 Å². The van der Waals surface area contributed by atoms with E-state index < -0.39 is 0 Å². The van der Waals surface area contributed by atoms with Gasteiger partial charge in [0.2, 0.25) is 5.91 Å². The number of piperazine rings is 1. The highest BCUT2D eigenvalue weighted by atomic mass is 16.2. The molecular formula is C20H28N6O. The Morgan fingerprint density at radius 3 is 2.70 bits per heavy atom. The first-order valence-corrected chi connectivity index (χ1v) is 9.82. The maximum Gasteiger partial charge on any atom is 0.237 e. The van der Waals surface area contributed by atoms with Gasteiger partial charge in [0, 0.05) is 38.4 Å². The molecule has 27 heavy (non-hydrogen) atoms. The molecule has 4 rings (SSSR count). The van der Waals surface area contributed by atoms with Crippen LogP contribution in [0.15, 0.2) is 24.3 Å². The molecular weight excluding hydrogens is 340 g/mol. The minimum Gasteiger partial charge on any atom is -0.369 e. The lowest BCUT2D eigenvalue weighted by molar-refractivity contribution is -0.133. The summed E-state index contributed by atoms with van der Waals surface area (Å²) in [7, 11) is 0. The SMILES string of the molecule is Cc1cccc(N2CCN(CC(=O)N3CCC[C@@H]3c3n[nH]c(C)n3)CC2)c1. The molecule has 0 saturated carbocycles. The number of carbonyl (C=O) groups is 1. The Hall–Kier alpha value is -2.41. The average Bonchev–Trinajstić information content (AvgIpc) is 3.31. The third kappa shape index (κ3) is 3.98. The van der Waals surface area contributed by atoms with Crippen LogP contribution in [0.5, 0.6) is 0 Å². The number of amides is 1. The van der Waals surface area contributed by atoms with Gasteiger partial charge in [-0.25, -0.2) is 4.98 Å². The van der Waals surface area contributed by atoms with Crippen molar-refractivity contribution in [3.63, 3.8) is 0 Å². The Bertz CT molecular complexity index is 795. The fraction of sp³-hybridized carbons (Fsp3) is 0.550. The lowest BCUT2D eigenvalue weighted by atomic mass is 10.2. The molecule has 1 aromatic heterocycles. The summed E-state index contributed by atoms with van der Waals surface area (Å²) in [5.41, 5.74) is 2.56. The molecule has 144 valence electrons. The number of benzene rings is 1. The molecule has 1 amide bonds. The fourth-order valence-electron chi connectivity index (χ4n) is 4.11. The third-order valence-electron chi connectivity index (χ3n) is 5.58. The topological polar surface area (TPSA) is 68.4 Å². The first-order chi connectivity index (χ1) is 13.1. The van der Waals surface area contributed by atoms with Crippen molar-refractivity contribution >= 4 is 11.6 Å². The summed E-state index contributed by atoms with van der Waals surface area (Å²) in [4.78, 5) is 24.0. The van der Waals surface area contributed by atoms with E-state index in [0.717, 1.165) is 57.2 Å². The predicted molar refractivity (Wildman–Crippen MR) is 105 cm³/mol. The minimum atomic E-state index is 0.0241. The molecule has 1 N–H and O–H groups in total. The zero-order valence-electron chi connectivity index (χ0n) is 16.2. The number of H-pyrrole nitrogens is 1. The van der Waals surface area contributed by atoms with Gasteiger partial charge in [-0.1, -0.05) is 12.1 Å². The number of anilines is 1. The molecule has 0 bridgehead atoms. The molecule has 2 aliphatic rings. The summed E-state index contributed by atoms with van der Waals surface area (Å²) in [5.74, 6) is 1.75. The molecule has 1 atom stereocenters. The molecule has 7 nitrogen and oxygen atoms in total. The highest BCUT2D eigenvalue weighted by molar-refractivity contribution is 5.79. The van der Waals surface area contributed by atoms with Crippen LogP contribution in [0.3, 0.4) is 0 Å². The normalized spacial score (nSPS) is 21.0. The molecule has 0 radical (unpaired) electrons. The number of nitrogens with zero attached hydrogens (tertiary/aromatic N) is 5. The zero-order valence-corrected chi connectivity index (χ0v) is 16.2. The quantitative estimate of drug-likeness (QED) is 0.893. The minimum absolute atomic E-state index is 0.0241. The maximum atomic E-state index is 12.9. The highest BCUT2D eigenvalue weighted by Gasteiger charge is 2.33. The van der Waals surface area contributed by atoms with E-state index in [1.807, 2.05) is 11.8 Å². The van der Waals surface area contributed by atoms with Crippen LogP contribution >= 0.6 is 0 Å². The number of rotatable bonds is 4. The van der Waals surface area contributed by atoms with E-state index >= 15 is 0 Å². The average molecular weight is 368 g/mol. The van der Waals surface area contributed by atoms with Crippen molar-refractivity contribution in [3.05, 3.63) is 41.5 Å². The first-order valence-electron chi connectivity index (χ1n) is 9.82. The predicted octanol–water partition coefficient (Wildman–Crippen LogP) is 1.91. The van der Waals surface area contributed by atoms with E-state index in [-0.39, 0.29) is 11.9 Å². The van der Waals surface area contributed by atoms with E-state index in [1.165, 1.54) is 11.3 Å². The molecule has 0 aliphatic carbocycles. The lowest BCUT2D eigenvalue weighted by Crippen LogP contribution is -2.50. The van der Waals surface area contributed by atoms with Crippen LogP contribution in [-0.4, -0.2) is 70.2 Å². The van der Waals surface area contributed by atoms with Gasteiger partial charge in [-0.3, -0.25) is 14.8 Å². The zero-order chi connectivity index (χ0) is 18.8. The van der Waals surface area contributed by atoms with Crippen LogP contribution < -0.4 is 4.90 Å². The van der Waals surface area contributed by atoms with Crippen molar-refractivity contribution in [2.75, 3.05) is 44.2 Å². The first kappa shape index (κ1) is 18.0. The van der Waals surface area contributed by atoms with Crippen LogP contribution in [0.4, 0.5) is 5.69 Å². The van der Waals surface area contributed by atoms with E-state index in [0.29, 0.717) is 6.54 Å². The van der Waals surface area contributed by atoms with Gasteiger partial charge in [-0.2, -0.15) is 5.10 Å². The van der Waals surface area contributed by atoms with Crippen LogP contribution in [-0.2, 0) is 4.79 Å². The van der Waals surface area contributed by atoms with Crippen molar-refractivity contribution < 1.29 is 4.79 Å². The molecule has 3 heterocycles. The van der Waals surface area contributed by atoms with Crippen LogP contribution in [0.1, 0.15) is 36.1 Å². The summed E-state index contributed by atoms with van der Waals surface area (Å²) in [6.07, 6.45) is 1.97. The van der Waals surface area contributed by atoms with E-state index in [4.69, 9.17) is 0 Å². The number of aryl methyl sites for hydroxylation is 2. The second-order valence-corrected chi connectivity index (χ2v) is 7.63. The Kier molecular flexibility index (Phi) is 5.11. The molecule has 2 aromatic rings. The van der Waals surface area contributed by atoms with E-state index in [9.17, 15) is 4.79 Å². The smallest absolute Gasteiger partial charge is 0.237 e. The van der Waals surface area contributed by atoms with Crippen molar-refractivity contribution in [1.82, 2.24) is 25.0 Å². The largest absolute Gasteiger partial charge is 0.369 e. The van der Waals surface area contributed by atoms with Gasteiger partial charge in [-0.15, -0.1) is 0 Å². The number of aromatic amines is 1. The molecule has 7 heteroatoms. The van der Waals surface area contributed by atoms with Gasteiger partial charge in [0.05, 0.1) is 12.6 Å². The fourth-order valence-corrected chi connectivity index (χ4v) is 4.11. The Morgan fingerprint density at radius 1 is 1.19 bits per heavy atom. The van der Waals surface area contributed by atoms with Crippen molar-refractivity contribution in [2.24, 2.45) is 0 Å².